The molecule has 2 aliphatic rings. The van der Waals surface area contributed by atoms with Crippen LogP contribution in [0.1, 0.15) is 24.0 Å². The molecule has 0 saturated carbocycles. The second kappa shape index (κ2) is 9.84. The first-order chi connectivity index (χ1) is 15.9. The molecule has 1 heterocycles. The number of thioether (sulfide) groups is 1. The fourth-order valence-corrected chi connectivity index (χ4v) is 5.65. The maximum Gasteiger partial charge on any atom is 0.407 e. The molecule has 2 amide bonds. The minimum atomic E-state index is -1.07. The summed E-state index contributed by atoms with van der Waals surface area (Å²) in [4.78, 5) is 38.6. The molecule has 1 saturated heterocycles. The first-order valence-electron chi connectivity index (χ1n) is 10.7. The summed E-state index contributed by atoms with van der Waals surface area (Å²) in [5, 5.41) is 11.7. The molecule has 0 spiro atoms. The van der Waals surface area contributed by atoms with Crippen LogP contribution in [0, 0.1) is 0 Å². The van der Waals surface area contributed by atoms with Crippen LogP contribution in [0.4, 0.5) is 4.79 Å². The number of methoxy groups -OCH3 is 1. The van der Waals surface area contributed by atoms with E-state index in [2.05, 4.69) is 17.4 Å². The summed E-state index contributed by atoms with van der Waals surface area (Å²) < 4.78 is 10.6. The smallest absolute Gasteiger partial charge is 0.407 e. The molecule has 2 aromatic carbocycles. The Kier molecular flexibility index (Phi) is 6.90. The van der Waals surface area contributed by atoms with Crippen LogP contribution >= 0.6 is 11.8 Å². The largest absolute Gasteiger partial charge is 0.480 e. The number of hydrogen-bond donors (Lipinski definition) is 2. The zero-order chi connectivity index (χ0) is 23.5. The van der Waals surface area contributed by atoms with Crippen LogP contribution in [0.15, 0.2) is 48.5 Å². The van der Waals surface area contributed by atoms with Gasteiger partial charge in [-0.1, -0.05) is 48.5 Å². The van der Waals surface area contributed by atoms with Gasteiger partial charge in [0, 0.05) is 18.8 Å². The van der Waals surface area contributed by atoms with Gasteiger partial charge in [-0.25, -0.2) is 9.59 Å². The first-order valence-corrected chi connectivity index (χ1v) is 11.7. The van der Waals surface area contributed by atoms with Gasteiger partial charge in [0.05, 0.1) is 12.0 Å². The van der Waals surface area contributed by atoms with Gasteiger partial charge in [0.25, 0.3) is 0 Å². The molecule has 8 nitrogen and oxygen atoms in total. The van der Waals surface area contributed by atoms with Crippen molar-refractivity contribution in [2.45, 2.75) is 30.3 Å². The molecular weight excluding hydrogens is 444 g/mol. The van der Waals surface area contributed by atoms with Crippen molar-refractivity contribution >= 4 is 29.7 Å². The summed E-state index contributed by atoms with van der Waals surface area (Å²) in [6, 6.07) is 14.0. The Morgan fingerprint density at radius 1 is 1.12 bits per heavy atom. The van der Waals surface area contributed by atoms with Crippen molar-refractivity contribution in [2.75, 3.05) is 26.1 Å². The summed E-state index contributed by atoms with van der Waals surface area (Å²) in [5.41, 5.74) is 4.41. The number of carboxylic acid groups (broad SMARTS) is 1. The van der Waals surface area contributed by atoms with Gasteiger partial charge < -0.3 is 24.8 Å². The molecule has 0 bridgehead atoms. The van der Waals surface area contributed by atoms with Gasteiger partial charge in [-0.2, -0.15) is 0 Å². The van der Waals surface area contributed by atoms with Crippen LogP contribution in [0.2, 0.25) is 0 Å². The van der Waals surface area contributed by atoms with Gasteiger partial charge in [-0.3, -0.25) is 4.79 Å². The van der Waals surface area contributed by atoms with Gasteiger partial charge >= 0.3 is 12.1 Å². The fourth-order valence-electron chi connectivity index (χ4n) is 4.47. The molecule has 174 valence electrons. The van der Waals surface area contributed by atoms with Crippen molar-refractivity contribution in [1.29, 1.82) is 0 Å². The maximum atomic E-state index is 13.1. The van der Waals surface area contributed by atoms with E-state index < -0.39 is 30.1 Å². The molecular formula is C24H26N2O6S. The van der Waals surface area contributed by atoms with Gasteiger partial charge in [0.1, 0.15) is 18.7 Å². The molecule has 3 unspecified atom stereocenters. The van der Waals surface area contributed by atoms with Crippen LogP contribution in [-0.4, -0.2) is 71.5 Å². The number of nitrogens with one attached hydrogen (secondary N) is 1. The number of ether oxygens (including phenoxy) is 2. The number of carbonyl (C=O) groups is 3. The highest BCUT2D eigenvalue weighted by atomic mass is 32.2. The zero-order valence-corrected chi connectivity index (χ0v) is 19.2. The molecule has 1 aliphatic heterocycles. The molecule has 0 radical (unpaired) electrons. The Morgan fingerprint density at radius 3 is 2.30 bits per heavy atom. The Balaban J connectivity index is 1.44. The number of carboxylic acids is 1. The Hall–Kier alpha value is -3.04. The van der Waals surface area contributed by atoms with E-state index in [0.29, 0.717) is 5.75 Å². The Bertz CT molecular complexity index is 1020. The Labute approximate surface area is 196 Å². The number of rotatable bonds is 7. The number of alkyl carbamates (subject to hydrolysis) is 1. The van der Waals surface area contributed by atoms with Crippen molar-refractivity contribution in [3.8, 4) is 11.1 Å². The predicted molar refractivity (Wildman–Crippen MR) is 124 cm³/mol. The Morgan fingerprint density at radius 2 is 1.73 bits per heavy atom. The highest BCUT2D eigenvalue weighted by molar-refractivity contribution is 8.00. The number of nitrogens with zero attached hydrogens (tertiary/aromatic N) is 1. The molecule has 33 heavy (non-hydrogen) atoms. The van der Waals surface area contributed by atoms with Crippen molar-refractivity contribution in [3.63, 3.8) is 0 Å². The third-order valence-corrected chi connectivity index (χ3v) is 7.25. The second-order valence-corrected chi connectivity index (χ2v) is 9.36. The third-order valence-electron chi connectivity index (χ3n) is 6.03. The number of fused-ring (bicyclic) bond motifs is 3. The number of hydrogen-bond acceptors (Lipinski definition) is 6. The molecule has 4 rings (SSSR count). The van der Waals surface area contributed by atoms with Crippen LogP contribution < -0.4 is 5.32 Å². The van der Waals surface area contributed by atoms with E-state index in [1.165, 1.54) is 23.8 Å². The number of amides is 2. The SMILES string of the molecule is COCC(NC(=O)OCC1c2ccccc2-c2ccccc21)C(=O)N1C(C)SCC1C(=O)O. The van der Waals surface area contributed by atoms with Crippen molar-refractivity contribution in [1.82, 2.24) is 10.2 Å². The summed E-state index contributed by atoms with van der Waals surface area (Å²) in [6.45, 7) is 1.79. The lowest BCUT2D eigenvalue weighted by Gasteiger charge is -2.29. The molecule has 1 fully saturated rings. The average molecular weight is 471 g/mol. The molecule has 2 aromatic rings. The lowest BCUT2D eigenvalue weighted by Crippen LogP contribution is -2.55. The van der Waals surface area contributed by atoms with E-state index >= 15 is 0 Å². The zero-order valence-electron chi connectivity index (χ0n) is 18.4. The van der Waals surface area contributed by atoms with Gasteiger partial charge in [-0.15, -0.1) is 11.8 Å². The summed E-state index contributed by atoms with van der Waals surface area (Å²) >= 11 is 1.38. The van der Waals surface area contributed by atoms with E-state index in [-0.39, 0.29) is 24.5 Å². The fraction of sp³-hybridized carbons (Fsp3) is 0.375. The molecule has 0 aromatic heterocycles. The number of carbonyl (C=O) groups excluding carboxylic acids is 2. The quantitative estimate of drug-likeness (QED) is 0.641. The highest BCUT2D eigenvalue weighted by Crippen LogP contribution is 2.44. The average Bonchev–Trinajstić information content (AvgIpc) is 3.35. The first kappa shape index (κ1) is 23.1. The van der Waals surface area contributed by atoms with Crippen LogP contribution in [0.5, 0.6) is 0 Å². The summed E-state index contributed by atoms with van der Waals surface area (Å²) in [5.74, 6) is -1.38. The molecule has 1 aliphatic carbocycles. The summed E-state index contributed by atoms with van der Waals surface area (Å²) in [7, 11) is 1.41. The lowest BCUT2D eigenvalue weighted by molar-refractivity contribution is -0.150. The van der Waals surface area contributed by atoms with Crippen molar-refractivity contribution in [2.24, 2.45) is 0 Å². The van der Waals surface area contributed by atoms with E-state index in [1.54, 1.807) is 6.92 Å². The number of benzene rings is 2. The standard InChI is InChI=1S/C24H26N2O6S/c1-14-26(21(13-33-14)23(28)29)22(27)20(12-31-2)25-24(30)32-11-19-17-9-5-3-7-15(17)16-8-4-6-10-18(16)19/h3-10,14,19-21H,11-13H2,1-2H3,(H,25,30)(H,28,29). The monoisotopic (exact) mass is 470 g/mol. The summed E-state index contributed by atoms with van der Waals surface area (Å²) in [6.07, 6.45) is -0.751. The minimum absolute atomic E-state index is 0.0940. The molecule has 2 N–H and O–H groups in total. The number of aliphatic carboxylic acids is 1. The van der Waals surface area contributed by atoms with Crippen LogP contribution in [0.25, 0.3) is 11.1 Å². The van der Waals surface area contributed by atoms with E-state index in [4.69, 9.17) is 9.47 Å². The van der Waals surface area contributed by atoms with Crippen molar-refractivity contribution in [3.05, 3.63) is 59.7 Å². The van der Waals surface area contributed by atoms with Gasteiger partial charge in [0.15, 0.2) is 0 Å². The van der Waals surface area contributed by atoms with Crippen molar-refractivity contribution < 1.29 is 29.0 Å². The van der Waals surface area contributed by atoms with E-state index in [9.17, 15) is 19.5 Å². The molecule has 9 heteroatoms. The third kappa shape index (κ3) is 4.56. The van der Waals surface area contributed by atoms with Crippen LogP contribution in [0.3, 0.4) is 0 Å². The van der Waals surface area contributed by atoms with Gasteiger partial charge in [-0.05, 0) is 29.2 Å². The molecule has 3 atom stereocenters. The topological polar surface area (TPSA) is 105 Å². The predicted octanol–water partition coefficient (Wildman–Crippen LogP) is 2.91. The van der Waals surface area contributed by atoms with Gasteiger partial charge in [0.2, 0.25) is 5.91 Å². The second-order valence-electron chi connectivity index (χ2n) is 8.01. The lowest BCUT2D eigenvalue weighted by atomic mass is 9.98. The highest BCUT2D eigenvalue weighted by Gasteiger charge is 2.42. The van der Waals surface area contributed by atoms with E-state index in [1.807, 2.05) is 36.4 Å². The van der Waals surface area contributed by atoms with Crippen LogP contribution in [-0.2, 0) is 19.1 Å². The minimum Gasteiger partial charge on any atom is -0.480 e. The van der Waals surface area contributed by atoms with E-state index in [0.717, 1.165) is 22.3 Å². The normalized spacial score (nSPS) is 20.1. The maximum absolute atomic E-state index is 13.1.